The summed E-state index contributed by atoms with van der Waals surface area (Å²) in [6, 6.07) is 6.76. The number of nitrogens with zero attached hydrogens (tertiary/aromatic N) is 1. The van der Waals surface area contributed by atoms with Crippen LogP contribution in [0.15, 0.2) is 18.2 Å². The van der Waals surface area contributed by atoms with E-state index in [1.165, 1.54) is 12.1 Å². The van der Waals surface area contributed by atoms with Crippen LogP contribution in [-0.4, -0.2) is 19.5 Å². The predicted molar refractivity (Wildman–Crippen MR) is 55.2 cm³/mol. The first-order valence-corrected chi connectivity index (χ1v) is 5.40. The van der Waals surface area contributed by atoms with E-state index in [4.69, 9.17) is 10.00 Å². The molecule has 0 unspecified atom stereocenters. The molecule has 0 radical (unpaired) electrons. The van der Waals surface area contributed by atoms with Crippen molar-refractivity contribution >= 4 is 0 Å². The molecule has 0 N–H and O–H groups in total. The SMILES string of the molecule is N#CC1(Cc2ccc3c(c2)OC(F)(F)O3)COC1. The third-order valence-corrected chi connectivity index (χ3v) is 3.00. The summed E-state index contributed by atoms with van der Waals surface area (Å²) in [4.78, 5) is 0. The highest BCUT2D eigenvalue weighted by Gasteiger charge is 2.44. The monoisotopic (exact) mass is 253 g/mol. The summed E-state index contributed by atoms with van der Waals surface area (Å²) in [5.41, 5.74) is 0.204. The number of hydrogen-bond donors (Lipinski definition) is 0. The van der Waals surface area contributed by atoms with E-state index in [-0.39, 0.29) is 11.5 Å². The zero-order valence-electron chi connectivity index (χ0n) is 9.28. The Balaban J connectivity index is 1.83. The molecule has 94 valence electrons. The van der Waals surface area contributed by atoms with Gasteiger partial charge in [0, 0.05) is 0 Å². The van der Waals surface area contributed by atoms with Gasteiger partial charge in [-0.15, -0.1) is 8.78 Å². The second kappa shape index (κ2) is 3.56. The van der Waals surface area contributed by atoms with Crippen molar-refractivity contribution in [3.8, 4) is 17.6 Å². The summed E-state index contributed by atoms with van der Waals surface area (Å²) >= 11 is 0. The molecule has 0 bridgehead atoms. The van der Waals surface area contributed by atoms with Crippen LogP contribution in [0, 0.1) is 16.7 Å². The number of rotatable bonds is 2. The van der Waals surface area contributed by atoms with Crippen LogP contribution in [0.5, 0.6) is 11.5 Å². The number of benzene rings is 1. The minimum atomic E-state index is -3.60. The first kappa shape index (κ1) is 11.2. The van der Waals surface area contributed by atoms with E-state index in [0.29, 0.717) is 19.6 Å². The van der Waals surface area contributed by atoms with E-state index < -0.39 is 11.7 Å². The molecule has 2 aliphatic heterocycles. The van der Waals surface area contributed by atoms with Crippen LogP contribution in [0.3, 0.4) is 0 Å². The molecule has 0 atom stereocenters. The molecule has 1 saturated heterocycles. The highest BCUT2D eigenvalue weighted by atomic mass is 19.3. The van der Waals surface area contributed by atoms with Crippen molar-refractivity contribution in [2.24, 2.45) is 5.41 Å². The van der Waals surface area contributed by atoms with E-state index in [9.17, 15) is 8.78 Å². The van der Waals surface area contributed by atoms with Crippen LogP contribution in [0.1, 0.15) is 5.56 Å². The normalized spacial score (nSPS) is 22.1. The first-order valence-electron chi connectivity index (χ1n) is 5.40. The number of fused-ring (bicyclic) bond motifs is 1. The smallest absolute Gasteiger partial charge is 0.395 e. The Kier molecular flexibility index (Phi) is 2.22. The Labute approximate surface area is 102 Å². The van der Waals surface area contributed by atoms with Gasteiger partial charge in [0.1, 0.15) is 5.41 Å². The lowest BCUT2D eigenvalue weighted by Crippen LogP contribution is -2.43. The van der Waals surface area contributed by atoms with Crippen molar-refractivity contribution in [2.75, 3.05) is 13.2 Å². The van der Waals surface area contributed by atoms with Gasteiger partial charge in [-0.25, -0.2) is 0 Å². The number of nitriles is 1. The average molecular weight is 253 g/mol. The van der Waals surface area contributed by atoms with E-state index in [2.05, 4.69) is 15.5 Å². The van der Waals surface area contributed by atoms with E-state index in [1.807, 2.05) is 0 Å². The third-order valence-electron chi connectivity index (χ3n) is 3.00. The molecule has 2 aliphatic rings. The van der Waals surface area contributed by atoms with Gasteiger partial charge in [0.05, 0.1) is 19.3 Å². The molecule has 0 amide bonds. The molecule has 3 rings (SSSR count). The van der Waals surface area contributed by atoms with E-state index in [0.717, 1.165) is 5.56 Å². The molecule has 0 aliphatic carbocycles. The lowest BCUT2D eigenvalue weighted by atomic mass is 9.81. The molecule has 0 spiro atoms. The van der Waals surface area contributed by atoms with Crippen LogP contribution < -0.4 is 9.47 Å². The largest absolute Gasteiger partial charge is 0.586 e. The second-order valence-corrected chi connectivity index (χ2v) is 4.51. The van der Waals surface area contributed by atoms with Crippen LogP contribution in [0.2, 0.25) is 0 Å². The maximum absolute atomic E-state index is 12.8. The standard InChI is InChI=1S/C12H9F2NO3/c13-12(14)17-9-2-1-8(3-10(9)18-12)4-11(5-15)6-16-7-11/h1-3H,4,6-7H2. The Bertz CT molecular complexity index is 535. The van der Waals surface area contributed by atoms with Gasteiger partial charge in [0.25, 0.3) is 0 Å². The molecular formula is C12H9F2NO3. The van der Waals surface area contributed by atoms with Crippen molar-refractivity contribution in [3.05, 3.63) is 23.8 Å². The quantitative estimate of drug-likeness (QED) is 0.809. The maximum Gasteiger partial charge on any atom is 0.586 e. The molecule has 1 fully saturated rings. The Morgan fingerprint density at radius 1 is 1.22 bits per heavy atom. The molecule has 0 aromatic heterocycles. The van der Waals surface area contributed by atoms with Crippen molar-refractivity contribution in [1.82, 2.24) is 0 Å². The van der Waals surface area contributed by atoms with Gasteiger partial charge < -0.3 is 14.2 Å². The van der Waals surface area contributed by atoms with Gasteiger partial charge in [-0.3, -0.25) is 0 Å². The van der Waals surface area contributed by atoms with Gasteiger partial charge in [-0.1, -0.05) is 6.07 Å². The highest BCUT2D eigenvalue weighted by molar-refractivity contribution is 5.45. The van der Waals surface area contributed by atoms with Crippen molar-refractivity contribution in [2.45, 2.75) is 12.7 Å². The van der Waals surface area contributed by atoms with Crippen molar-refractivity contribution in [1.29, 1.82) is 5.26 Å². The lowest BCUT2D eigenvalue weighted by Gasteiger charge is -2.35. The number of halogens is 2. The third kappa shape index (κ3) is 1.77. The Morgan fingerprint density at radius 3 is 2.56 bits per heavy atom. The van der Waals surface area contributed by atoms with Gasteiger partial charge in [0.15, 0.2) is 11.5 Å². The number of ether oxygens (including phenoxy) is 3. The highest BCUT2D eigenvalue weighted by Crippen LogP contribution is 2.42. The molecule has 18 heavy (non-hydrogen) atoms. The van der Waals surface area contributed by atoms with Crippen molar-refractivity contribution in [3.63, 3.8) is 0 Å². The zero-order valence-corrected chi connectivity index (χ0v) is 9.28. The van der Waals surface area contributed by atoms with Crippen LogP contribution >= 0.6 is 0 Å². The minimum absolute atomic E-state index is 0.00540. The average Bonchev–Trinajstić information content (AvgIpc) is 2.56. The molecule has 4 nitrogen and oxygen atoms in total. The summed E-state index contributed by atoms with van der Waals surface area (Å²) in [6.07, 6.45) is -3.15. The molecule has 6 heteroatoms. The van der Waals surface area contributed by atoms with Crippen LogP contribution in [-0.2, 0) is 11.2 Å². The fraction of sp³-hybridized carbons (Fsp3) is 0.417. The summed E-state index contributed by atoms with van der Waals surface area (Å²) in [5.74, 6) is 0.0189. The second-order valence-electron chi connectivity index (χ2n) is 4.51. The molecule has 0 saturated carbocycles. The maximum atomic E-state index is 12.8. The van der Waals surface area contributed by atoms with Gasteiger partial charge in [-0.2, -0.15) is 5.26 Å². The molecular weight excluding hydrogens is 244 g/mol. The van der Waals surface area contributed by atoms with Crippen molar-refractivity contribution < 1.29 is 23.0 Å². The number of alkyl halides is 2. The van der Waals surface area contributed by atoms with Gasteiger partial charge >= 0.3 is 6.29 Å². The Morgan fingerprint density at radius 2 is 1.94 bits per heavy atom. The minimum Gasteiger partial charge on any atom is -0.395 e. The summed E-state index contributed by atoms with van der Waals surface area (Å²) in [5, 5.41) is 9.07. The molecule has 2 heterocycles. The summed E-state index contributed by atoms with van der Waals surface area (Å²) in [7, 11) is 0. The Hall–Kier alpha value is -1.87. The lowest BCUT2D eigenvalue weighted by molar-refractivity contribution is -0.286. The van der Waals surface area contributed by atoms with Crippen LogP contribution in [0.4, 0.5) is 8.78 Å². The van der Waals surface area contributed by atoms with E-state index >= 15 is 0 Å². The van der Waals surface area contributed by atoms with Crippen LogP contribution in [0.25, 0.3) is 0 Å². The van der Waals surface area contributed by atoms with Gasteiger partial charge in [0.2, 0.25) is 0 Å². The fourth-order valence-corrected chi connectivity index (χ4v) is 2.05. The van der Waals surface area contributed by atoms with E-state index in [1.54, 1.807) is 6.07 Å². The van der Waals surface area contributed by atoms with Gasteiger partial charge in [-0.05, 0) is 24.1 Å². The first-order chi connectivity index (χ1) is 8.52. The molecule has 1 aromatic rings. The predicted octanol–water partition coefficient (Wildman–Crippen LogP) is 2.09. The number of hydrogen-bond acceptors (Lipinski definition) is 4. The zero-order chi connectivity index (χ0) is 12.8. The molecule has 1 aromatic carbocycles. The summed E-state index contributed by atoms with van der Waals surface area (Å²) < 4.78 is 39.4. The summed E-state index contributed by atoms with van der Waals surface area (Å²) in [6.45, 7) is 0.738. The fourth-order valence-electron chi connectivity index (χ4n) is 2.05. The topological polar surface area (TPSA) is 51.5 Å².